The highest BCUT2D eigenvalue weighted by Gasteiger charge is 2.16. The Morgan fingerprint density at radius 3 is 1.58 bits per heavy atom. The number of carbonyl (C=O) groups excluding carboxylic acids is 2. The highest BCUT2D eigenvalue weighted by atomic mass is 35.5. The van der Waals surface area contributed by atoms with E-state index in [9.17, 15) is 27.2 Å². The van der Waals surface area contributed by atoms with E-state index >= 15 is 0 Å². The average molecular weight is 843 g/mol. The molecular formula is C39H35ClF4N14O2. The lowest BCUT2D eigenvalue weighted by molar-refractivity contribution is -0.116. The molecule has 8 heterocycles. The van der Waals surface area contributed by atoms with E-state index in [2.05, 4.69) is 61.8 Å². The highest BCUT2D eigenvalue weighted by molar-refractivity contribution is 6.29. The van der Waals surface area contributed by atoms with Crippen molar-refractivity contribution in [3.05, 3.63) is 126 Å². The van der Waals surface area contributed by atoms with Crippen LogP contribution in [0, 0.1) is 0 Å². The van der Waals surface area contributed by atoms with Crippen molar-refractivity contribution in [3.63, 3.8) is 0 Å². The number of pyridine rings is 4. The molecule has 0 bridgehead atoms. The van der Waals surface area contributed by atoms with Gasteiger partial charge in [-0.15, -0.1) is 10.2 Å². The van der Waals surface area contributed by atoms with Gasteiger partial charge in [0.1, 0.15) is 44.8 Å². The van der Waals surface area contributed by atoms with E-state index < -0.39 is 12.9 Å². The lowest BCUT2D eigenvalue weighted by Gasteiger charge is -2.11. The Hall–Kier alpha value is -7.61. The van der Waals surface area contributed by atoms with Gasteiger partial charge >= 0.3 is 0 Å². The van der Waals surface area contributed by atoms with Crippen LogP contribution in [0.25, 0.3) is 34.1 Å². The predicted octanol–water partition coefficient (Wildman–Crippen LogP) is 8.47. The first-order chi connectivity index (χ1) is 28.3. The Labute approximate surface area is 343 Å². The fourth-order valence-electron chi connectivity index (χ4n) is 5.18. The second-order valence-electron chi connectivity index (χ2n) is 12.1. The summed E-state index contributed by atoms with van der Waals surface area (Å²) in [7, 11) is 0. The standard InChI is InChI=1S/C19H15F2N7O.C17H11ClF2N6.C2H5NO.CH4/c1-11(29)23-16-10-12(7-8-22-16)24-19-15-6-3-9-28(15)27-18(26-19)14-5-2-4-13(25-14)17(20)21;18-14-9-10(6-7-21-14)22-17-13-5-2-8-26(13)25-16(24-17)12-4-1-3-11(23-12)15(19)20;1-2(3)4;/h2-10,17H,1H3,(H2,22,23,24,26,27,29);1-9,15H,(H,21,22,24,25);1H3,(H2,3,4);1H4. The molecule has 21 heteroatoms. The summed E-state index contributed by atoms with van der Waals surface area (Å²) in [6.07, 6.45) is 1.21. The lowest BCUT2D eigenvalue weighted by Crippen LogP contribution is -2.08. The van der Waals surface area contributed by atoms with E-state index in [4.69, 9.17) is 11.6 Å². The first-order valence-corrected chi connectivity index (χ1v) is 17.6. The Morgan fingerprint density at radius 1 is 0.667 bits per heavy atom. The third-order valence-electron chi connectivity index (χ3n) is 7.54. The maximum atomic E-state index is 13.0. The van der Waals surface area contributed by atoms with Crippen molar-refractivity contribution in [1.29, 1.82) is 0 Å². The van der Waals surface area contributed by atoms with Gasteiger partial charge in [-0.05, 0) is 66.7 Å². The van der Waals surface area contributed by atoms with Crippen LogP contribution in [0.5, 0.6) is 0 Å². The second-order valence-corrected chi connectivity index (χ2v) is 12.5. The lowest BCUT2D eigenvalue weighted by atomic mass is 10.3. The van der Waals surface area contributed by atoms with Gasteiger partial charge in [-0.2, -0.15) is 0 Å². The molecule has 2 amide bonds. The van der Waals surface area contributed by atoms with Gasteiger partial charge in [-0.1, -0.05) is 31.2 Å². The number of carbonyl (C=O) groups is 2. The molecule has 0 saturated carbocycles. The van der Waals surface area contributed by atoms with Gasteiger partial charge in [-0.3, -0.25) is 9.59 Å². The molecule has 0 aliphatic heterocycles. The molecular weight excluding hydrogens is 808 g/mol. The van der Waals surface area contributed by atoms with Gasteiger partial charge in [-0.25, -0.2) is 56.5 Å². The minimum absolute atomic E-state index is 0. The van der Waals surface area contributed by atoms with Crippen LogP contribution in [0.3, 0.4) is 0 Å². The number of nitrogens with two attached hydrogens (primary N) is 1. The summed E-state index contributed by atoms with van der Waals surface area (Å²) < 4.78 is 55.1. The van der Waals surface area contributed by atoms with Gasteiger partial charge in [0, 0.05) is 56.1 Å². The van der Waals surface area contributed by atoms with E-state index in [1.54, 1.807) is 76.3 Å². The van der Waals surface area contributed by atoms with Gasteiger partial charge in [0.15, 0.2) is 11.6 Å². The van der Waals surface area contributed by atoms with E-state index in [0.717, 1.165) is 0 Å². The number of anilines is 5. The van der Waals surface area contributed by atoms with E-state index in [0.29, 0.717) is 45.0 Å². The molecule has 8 rings (SSSR count). The molecule has 0 saturated heterocycles. The molecule has 0 spiro atoms. The van der Waals surface area contributed by atoms with Gasteiger partial charge in [0.05, 0.1) is 0 Å². The SMILES string of the molecule is C.CC(=O)Nc1cc(Nc2nc(-c3cccc(C(F)F)n3)nn3cccc23)ccn1.CC(N)=O.FC(F)c1cccc(-c2nc(Nc3ccnc(Cl)c3)c3cccn3n2)n1. The molecule has 0 unspecified atom stereocenters. The van der Waals surface area contributed by atoms with Crippen LogP contribution in [-0.2, 0) is 9.59 Å². The number of alkyl halides is 4. The number of aromatic nitrogens is 10. The third kappa shape index (κ3) is 11.3. The Morgan fingerprint density at radius 2 is 1.13 bits per heavy atom. The topological polar surface area (TPSA) is 208 Å². The average Bonchev–Trinajstić information content (AvgIpc) is 3.89. The number of hydrogen-bond acceptors (Lipinski definition) is 12. The number of amides is 2. The quantitative estimate of drug-likeness (QED) is 0.0797. The Bertz CT molecular complexity index is 2740. The normalized spacial score (nSPS) is 10.6. The third-order valence-corrected chi connectivity index (χ3v) is 7.75. The van der Waals surface area contributed by atoms with Crippen LogP contribution in [0.4, 0.5) is 46.4 Å². The highest BCUT2D eigenvalue weighted by Crippen LogP contribution is 2.27. The summed E-state index contributed by atoms with van der Waals surface area (Å²) in [4.78, 5) is 45.3. The number of nitrogens with one attached hydrogen (secondary N) is 3. The van der Waals surface area contributed by atoms with Crippen LogP contribution >= 0.6 is 11.6 Å². The largest absolute Gasteiger partial charge is 0.370 e. The van der Waals surface area contributed by atoms with Crippen LogP contribution in [0.2, 0.25) is 5.15 Å². The molecule has 8 aromatic heterocycles. The fourth-order valence-corrected chi connectivity index (χ4v) is 5.35. The maximum Gasteiger partial charge on any atom is 0.280 e. The summed E-state index contributed by atoms with van der Waals surface area (Å²) in [6.45, 7) is 2.70. The first kappa shape index (κ1) is 43.5. The van der Waals surface area contributed by atoms with Crippen molar-refractivity contribution >= 4 is 63.3 Å². The molecule has 308 valence electrons. The zero-order chi connectivity index (χ0) is 42.1. The first-order valence-electron chi connectivity index (χ1n) is 17.2. The second kappa shape index (κ2) is 19.7. The minimum atomic E-state index is -2.69. The molecule has 0 radical (unpaired) electrons. The predicted molar refractivity (Wildman–Crippen MR) is 218 cm³/mol. The Balaban J connectivity index is 0.000000207. The maximum absolute atomic E-state index is 13.0. The number of halogens is 5. The van der Waals surface area contributed by atoms with E-state index in [-0.39, 0.29) is 53.7 Å². The fraction of sp³-hybridized carbons (Fsp3) is 0.128. The van der Waals surface area contributed by atoms with Gasteiger partial charge in [0.2, 0.25) is 23.5 Å². The molecule has 60 heavy (non-hydrogen) atoms. The monoisotopic (exact) mass is 842 g/mol. The van der Waals surface area contributed by atoms with Crippen molar-refractivity contribution in [2.45, 2.75) is 34.1 Å². The molecule has 16 nitrogen and oxygen atoms in total. The van der Waals surface area contributed by atoms with Crippen LogP contribution < -0.4 is 21.7 Å². The summed E-state index contributed by atoms with van der Waals surface area (Å²) in [5, 5.41) is 17.9. The van der Waals surface area contributed by atoms with E-state index in [1.807, 2.05) is 18.2 Å². The van der Waals surface area contributed by atoms with Crippen LogP contribution in [0.1, 0.15) is 45.5 Å². The summed E-state index contributed by atoms with van der Waals surface area (Å²) in [5.41, 5.74) is 7.00. The van der Waals surface area contributed by atoms with Crippen molar-refractivity contribution in [2.24, 2.45) is 5.73 Å². The molecule has 0 aliphatic carbocycles. The molecule has 0 fully saturated rings. The van der Waals surface area contributed by atoms with Gasteiger partial charge < -0.3 is 21.7 Å². The minimum Gasteiger partial charge on any atom is -0.370 e. The molecule has 0 aromatic carbocycles. The van der Waals surface area contributed by atoms with Crippen LogP contribution in [0.15, 0.2) is 110 Å². The zero-order valence-corrected chi connectivity index (χ0v) is 31.6. The number of primary amides is 1. The van der Waals surface area contributed by atoms with Crippen molar-refractivity contribution in [3.8, 4) is 23.0 Å². The summed E-state index contributed by atoms with van der Waals surface area (Å²) in [6, 6.07) is 22.7. The number of nitrogens with zero attached hydrogens (tertiary/aromatic N) is 10. The summed E-state index contributed by atoms with van der Waals surface area (Å²) in [5.74, 6) is 1.16. The smallest absolute Gasteiger partial charge is 0.280 e. The van der Waals surface area contributed by atoms with Crippen LogP contribution in [-0.4, -0.2) is 60.9 Å². The van der Waals surface area contributed by atoms with Crippen molar-refractivity contribution < 1.29 is 27.2 Å². The number of hydrogen-bond donors (Lipinski definition) is 4. The molecule has 0 aliphatic rings. The zero-order valence-electron chi connectivity index (χ0n) is 30.8. The van der Waals surface area contributed by atoms with Gasteiger partial charge in [0.25, 0.3) is 12.9 Å². The number of fused-ring (bicyclic) bond motifs is 2. The van der Waals surface area contributed by atoms with Crippen molar-refractivity contribution in [1.82, 2.24) is 49.1 Å². The molecule has 8 aromatic rings. The Kier molecular flexibility index (Phi) is 14.3. The molecule has 5 N–H and O–H groups in total. The number of rotatable bonds is 9. The van der Waals surface area contributed by atoms with Crippen molar-refractivity contribution in [2.75, 3.05) is 16.0 Å². The summed E-state index contributed by atoms with van der Waals surface area (Å²) >= 11 is 5.91. The van der Waals surface area contributed by atoms with E-state index in [1.165, 1.54) is 38.1 Å². The molecule has 0 atom stereocenters.